The quantitative estimate of drug-likeness (QED) is 0.202. The Labute approximate surface area is 206 Å². The summed E-state index contributed by atoms with van der Waals surface area (Å²) in [4.78, 5) is 37.0. The monoisotopic (exact) mass is 485 g/mol. The van der Waals surface area contributed by atoms with Crippen LogP contribution in [0.1, 0.15) is 39.3 Å². The maximum Gasteiger partial charge on any atom is 0.270 e. The normalized spacial score (nSPS) is 12.8. The Balaban J connectivity index is 1.26. The van der Waals surface area contributed by atoms with Gasteiger partial charge in [0.05, 0.1) is 16.2 Å². The Morgan fingerprint density at radius 1 is 0.971 bits per heavy atom. The zero-order valence-electron chi connectivity index (χ0n) is 18.9. The van der Waals surface area contributed by atoms with Crippen molar-refractivity contribution in [1.82, 2.24) is 4.57 Å². The third-order valence-corrected chi connectivity index (χ3v) is 7.22. The van der Waals surface area contributed by atoms with Crippen molar-refractivity contribution in [2.75, 3.05) is 11.1 Å². The van der Waals surface area contributed by atoms with Crippen molar-refractivity contribution in [1.29, 1.82) is 0 Å². The predicted molar refractivity (Wildman–Crippen MR) is 137 cm³/mol. The topological polar surface area (TPSA) is 94.2 Å². The van der Waals surface area contributed by atoms with Gasteiger partial charge in [-0.15, -0.1) is 11.8 Å². The Bertz CT molecular complexity index is 1440. The highest BCUT2D eigenvalue weighted by Crippen LogP contribution is 2.33. The van der Waals surface area contributed by atoms with Crippen molar-refractivity contribution in [3.63, 3.8) is 0 Å². The van der Waals surface area contributed by atoms with Gasteiger partial charge in [-0.25, -0.2) is 0 Å². The highest BCUT2D eigenvalue weighted by Gasteiger charge is 2.23. The van der Waals surface area contributed by atoms with E-state index in [9.17, 15) is 19.7 Å². The molecule has 0 saturated heterocycles. The molecule has 3 aromatic carbocycles. The Hall–Kier alpha value is -3.91. The number of amides is 1. The number of para-hydroxylation sites is 1. The molecule has 0 atom stereocenters. The van der Waals surface area contributed by atoms with Gasteiger partial charge in [0.2, 0.25) is 5.91 Å². The molecule has 35 heavy (non-hydrogen) atoms. The fourth-order valence-electron chi connectivity index (χ4n) is 4.59. The molecule has 0 unspecified atom stereocenters. The van der Waals surface area contributed by atoms with Crippen LogP contribution in [-0.4, -0.2) is 27.1 Å². The number of nitrogens with zero attached hydrogens (tertiary/aromatic N) is 2. The van der Waals surface area contributed by atoms with E-state index in [1.54, 1.807) is 12.1 Å². The number of anilines is 1. The van der Waals surface area contributed by atoms with E-state index < -0.39 is 10.8 Å². The molecule has 0 radical (unpaired) electrons. The predicted octanol–water partition coefficient (Wildman–Crippen LogP) is 6.11. The number of rotatable bonds is 6. The highest BCUT2D eigenvalue weighted by atomic mass is 32.2. The molecule has 0 spiro atoms. The molecule has 0 saturated carbocycles. The maximum atomic E-state index is 13.2. The van der Waals surface area contributed by atoms with Crippen LogP contribution in [0.4, 0.5) is 11.4 Å². The van der Waals surface area contributed by atoms with Crippen LogP contribution in [0.15, 0.2) is 77.7 Å². The number of aromatic nitrogens is 1. The van der Waals surface area contributed by atoms with Crippen molar-refractivity contribution in [2.24, 2.45) is 0 Å². The van der Waals surface area contributed by atoms with E-state index in [-0.39, 0.29) is 17.2 Å². The molecule has 176 valence electrons. The molecular weight excluding hydrogens is 462 g/mol. The van der Waals surface area contributed by atoms with Crippen LogP contribution >= 0.6 is 11.8 Å². The molecule has 1 aliphatic carbocycles. The number of carbonyl (C=O) groups is 2. The molecule has 4 aromatic rings. The van der Waals surface area contributed by atoms with Crippen LogP contribution in [0.5, 0.6) is 0 Å². The lowest BCUT2D eigenvalue weighted by molar-refractivity contribution is -0.384. The Morgan fingerprint density at radius 3 is 2.54 bits per heavy atom. The molecule has 0 bridgehead atoms. The van der Waals surface area contributed by atoms with Crippen molar-refractivity contribution >= 4 is 45.9 Å². The van der Waals surface area contributed by atoms with E-state index in [1.165, 1.54) is 47.0 Å². The van der Waals surface area contributed by atoms with Gasteiger partial charge in [0, 0.05) is 39.4 Å². The standard InChI is InChI=1S/C27H23N3O4S/c31-26(29-24-10-3-1-8-22(24)23-9-2-4-11-25(23)29)17-35-21-14-12-19(13-15-21)28-27(32)18-6-5-7-20(16-18)30(33)34/h1,3,5-8,10,12-16H,2,4,9,11,17H2,(H,28,32). The smallest absolute Gasteiger partial charge is 0.270 e. The van der Waals surface area contributed by atoms with Crippen molar-refractivity contribution in [3.05, 3.63) is 99.7 Å². The molecule has 1 amide bonds. The van der Waals surface area contributed by atoms with Crippen molar-refractivity contribution in [3.8, 4) is 0 Å². The fraction of sp³-hybridized carbons (Fsp3) is 0.185. The number of fused-ring (bicyclic) bond motifs is 3. The van der Waals surface area contributed by atoms with Crippen LogP contribution in [0.25, 0.3) is 10.9 Å². The zero-order valence-corrected chi connectivity index (χ0v) is 19.7. The molecule has 5 rings (SSSR count). The van der Waals surface area contributed by atoms with E-state index in [2.05, 4.69) is 11.4 Å². The highest BCUT2D eigenvalue weighted by molar-refractivity contribution is 8.00. The summed E-state index contributed by atoms with van der Waals surface area (Å²) in [6.07, 6.45) is 4.22. The van der Waals surface area contributed by atoms with Gasteiger partial charge in [-0.05, 0) is 67.6 Å². The molecule has 1 aliphatic rings. The Kier molecular flexibility index (Phi) is 6.37. The van der Waals surface area contributed by atoms with E-state index >= 15 is 0 Å². The first kappa shape index (κ1) is 22.9. The van der Waals surface area contributed by atoms with E-state index in [0.717, 1.165) is 41.8 Å². The van der Waals surface area contributed by atoms with Crippen LogP contribution in [0.2, 0.25) is 0 Å². The first-order valence-electron chi connectivity index (χ1n) is 11.4. The average molecular weight is 486 g/mol. The second-order valence-electron chi connectivity index (χ2n) is 8.45. The van der Waals surface area contributed by atoms with Crippen LogP contribution < -0.4 is 5.32 Å². The molecule has 1 aromatic heterocycles. The Morgan fingerprint density at radius 2 is 1.74 bits per heavy atom. The number of nitro groups is 1. The van der Waals surface area contributed by atoms with Gasteiger partial charge < -0.3 is 5.32 Å². The van der Waals surface area contributed by atoms with Crippen molar-refractivity contribution in [2.45, 2.75) is 30.6 Å². The van der Waals surface area contributed by atoms with Gasteiger partial charge in [-0.3, -0.25) is 24.3 Å². The summed E-state index contributed by atoms with van der Waals surface area (Å²) in [6, 6.07) is 21.0. The second kappa shape index (κ2) is 9.76. The molecule has 0 aliphatic heterocycles. The molecule has 1 N–H and O–H groups in total. The van der Waals surface area contributed by atoms with Gasteiger partial charge in [0.1, 0.15) is 0 Å². The second-order valence-corrected chi connectivity index (χ2v) is 9.50. The summed E-state index contributed by atoms with van der Waals surface area (Å²) in [6.45, 7) is 0. The first-order valence-corrected chi connectivity index (χ1v) is 12.4. The molecule has 0 fully saturated rings. The van der Waals surface area contributed by atoms with Gasteiger partial charge in [0.15, 0.2) is 0 Å². The number of benzene rings is 3. The minimum atomic E-state index is -0.531. The summed E-state index contributed by atoms with van der Waals surface area (Å²) in [7, 11) is 0. The number of hydrogen-bond donors (Lipinski definition) is 1. The van der Waals surface area contributed by atoms with Gasteiger partial charge in [-0.1, -0.05) is 24.3 Å². The lowest BCUT2D eigenvalue weighted by atomic mass is 9.96. The van der Waals surface area contributed by atoms with Crippen LogP contribution in [0.3, 0.4) is 0 Å². The molecule has 8 heteroatoms. The lowest BCUT2D eigenvalue weighted by Crippen LogP contribution is -2.18. The number of aryl methyl sites for hydroxylation is 1. The number of hydrogen-bond acceptors (Lipinski definition) is 5. The van der Waals surface area contributed by atoms with Crippen LogP contribution in [-0.2, 0) is 12.8 Å². The first-order chi connectivity index (χ1) is 17.0. The number of nitrogens with one attached hydrogen (secondary N) is 1. The lowest BCUT2D eigenvalue weighted by Gasteiger charge is -2.15. The third-order valence-electron chi connectivity index (χ3n) is 6.22. The summed E-state index contributed by atoms with van der Waals surface area (Å²) in [5, 5.41) is 14.9. The van der Waals surface area contributed by atoms with E-state index in [4.69, 9.17) is 0 Å². The largest absolute Gasteiger partial charge is 0.322 e. The fourth-order valence-corrected chi connectivity index (χ4v) is 5.34. The van der Waals surface area contributed by atoms with Gasteiger partial charge in [0.25, 0.3) is 11.6 Å². The summed E-state index contributed by atoms with van der Waals surface area (Å²) in [5.74, 6) is -0.0456. The minimum absolute atomic E-state index is 0.0670. The number of nitro benzene ring substituents is 1. The summed E-state index contributed by atoms with van der Waals surface area (Å²) < 4.78 is 1.91. The average Bonchev–Trinajstić information content (AvgIpc) is 3.23. The minimum Gasteiger partial charge on any atom is -0.322 e. The van der Waals surface area contributed by atoms with E-state index in [1.807, 2.05) is 34.9 Å². The SMILES string of the molecule is O=C(Nc1ccc(SCC(=O)n2c3c(c4ccccc42)CCCC3)cc1)c1cccc([N+](=O)[O-])c1. The molecule has 1 heterocycles. The number of thioether (sulfide) groups is 1. The molecular formula is C27H23N3O4S. The van der Waals surface area contributed by atoms with E-state index in [0.29, 0.717) is 11.4 Å². The summed E-state index contributed by atoms with van der Waals surface area (Å²) >= 11 is 1.46. The maximum absolute atomic E-state index is 13.2. The van der Waals surface area contributed by atoms with Gasteiger partial charge in [-0.2, -0.15) is 0 Å². The number of carbonyl (C=O) groups excluding carboxylic acids is 2. The third kappa shape index (κ3) is 4.70. The van der Waals surface area contributed by atoms with Gasteiger partial charge >= 0.3 is 0 Å². The van der Waals surface area contributed by atoms with Crippen LogP contribution in [0, 0.1) is 10.1 Å². The summed E-state index contributed by atoms with van der Waals surface area (Å²) in [5.41, 5.74) is 4.11. The molecule has 7 nitrogen and oxygen atoms in total. The number of non-ortho nitro benzene ring substituents is 1. The zero-order chi connectivity index (χ0) is 24.4. The van der Waals surface area contributed by atoms with Crippen molar-refractivity contribution < 1.29 is 14.5 Å².